The Kier molecular flexibility index (Phi) is 7.46. The Morgan fingerprint density at radius 3 is 2.81 bits per heavy atom. The minimum absolute atomic E-state index is 0.107. The van der Waals surface area contributed by atoms with Crippen LogP contribution in [-0.2, 0) is 9.47 Å². The molecule has 0 atom stereocenters. The largest absolute Gasteiger partial charge is 0.378 e. The van der Waals surface area contributed by atoms with Crippen LogP contribution in [0.15, 0.2) is 31.0 Å². The van der Waals surface area contributed by atoms with Crippen molar-refractivity contribution in [1.29, 1.82) is 0 Å². The van der Waals surface area contributed by atoms with Crippen molar-refractivity contribution in [1.82, 2.24) is 34.7 Å². The van der Waals surface area contributed by atoms with E-state index in [0.29, 0.717) is 35.9 Å². The van der Waals surface area contributed by atoms with Gasteiger partial charge in [0, 0.05) is 31.2 Å². The highest BCUT2D eigenvalue weighted by atomic mass is 16.5. The van der Waals surface area contributed by atoms with Crippen LogP contribution in [0.25, 0.3) is 17.0 Å². The number of hydrogen-bond acceptors (Lipinski definition) is 7. The van der Waals surface area contributed by atoms with Gasteiger partial charge in [-0.1, -0.05) is 0 Å². The summed E-state index contributed by atoms with van der Waals surface area (Å²) in [6.07, 6.45) is 10.6. The minimum Gasteiger partial charge on any atom is -0.378 e. The predicted molar refractivity (Wildman–Crippen MR) is 120 cm³/mol. The monoisotopic (exact) mass is 441 g/mol. The molecule has 0 unspecified atom stereocenters. The molecule has 0 bridgehead atoms. The quantitative estimate of drug-likeness (QED) is 0.462. The molecule has 0 saturated heterocycles. The highest BCUT2D eigenvalue weighted by Crippen LogP contribution is 2.22. The number of nitrogens with zero attached hydrogens (tertiary/aromatic N) is 5. The number of aromatic amines is 1. The molecule has 1 aliphatic carbocycles. The van der Waals surface area contributed by atoms with E-state index in [9.17, 15) is 4.79 Å². The molecule has 1 amide bonds. The Bertz CT molecular complexity index is 994. The third-order valence-electron chi connectivity index (χ3n) is 5.62. The molecule has 0 radical (unpaired) electrons. The van der Waals surface area contributed by atoms with Crippen LogP contribution in [0.5, 0.6) is 0 Å². The summed E-state index contributed by atoms with van der Waals surface area (Å²) in [6, 6.07) is 1.94. The van der Waals surface area contributed by atoms with Crippen molar-refractivity contribution in [3.8, 4) is 5.95 Å². The summed E-state index contributed by atoms with van der Waals surface area (Å²) >= 11 is 0. The van der Waals surface area contributed by atoms with Crippen molar-refractivity contribution in [3.05, 3.63) is 36.7 Å². The third-order valence-corrected chi connectivity index (χ3v) is 5.62. The van der Waals surface area contributed by atoms with E-state index in [-0.39, 0.29) is 18.1 Å². The number of rotatable bonds is 10. The molecule has 0 spiro atoms. The van der Waals surface area contributed by atoms with Gasteiger partial charge in [0.25, 0.3) is 5.91 Å². The fourth-order valence-corrected chi connectivity index (χ4v) is 3.84. The lowest BCUT2D eigenvalue weighted by Gasteiger charge is -2.29. The molecule has 1 saturated carbocycles. The van der Waals surface area contributed by atoms with Gasteiger partial charge in [-0.25, -0.2) is 15.0 Å². The Balaban J connectivity index is 1.27. The summed E-state index contributed by atoms with van der Waals surface area (Å²) in [5, 5.41) is 3.15. The lowest BCUT2D eigenvalue weighted by Crippen LogP contribution is -2.39. The number of carbonyl (C=O) groups is 1. The van der Waals surface area contributed by atoms with E-state index in [1.807, 2.05) is 20.2 Å². The molecule has 2 N–H and O–H groups in total. The van der Waals surface area contributed by atoms with Crippen molar-refractivity contribution < 1.29 is 14.3 Å². The van der Waals surface area contributed by atoms with Crippen molar-refractivity contribution in [2.75, 3.05) is 40.5 Å². The van der Waals surface area contributed by atoms with Crippen LogP contribution in [0.1, 0.15) is 36.2 Å². The van der Waals surface area contributed by atoms with Gasteiger partial charge < -0.3 is 24.7 Å². The van der Waals surface area contributed by atoms with Crippen molar-refractivity contribution >= 4 is 16.9 Å². The van der Waals surface area contributed by atoms with Crippen LogP contribution >= 0.6 is 0 Å². The van der Waals surface area contributed by atoms with E-state index >= 15 is 0 Å². The molecular weight excluding hydrogens is 410 g/mol. The van der Waals surface area contributed by atoms with E-state index in [1.54, 1.807) is 29.5 Å². The molecule has 0 aromatic carbocycles. The van der Waals surface area contributed by atoms with E-state index in [1.165, 1.54) is 0 Å². The average molecular weight is 442 g/mol. The zero-order chi connectivity index (χ0) is 22.3. The molecular formula is C22H31N7O3. The summed E-state index contributed by atoms with van der Waals surface area (Å²) in [6.45, 7) is 2.85. The number of hydrogen-bond donors (Lipinski definition) is 2. The number of fused-ring (bicyclic) bond motifs is 1. The second kappa shape index (κ2) is 10.7. The van der Waals surface area contributed by atoms with Crippen LogP contribution in [0.3, 0.4) is 0 Å². The second-order valence-electron chi connectivity index (χ2n) is 8.31. The SMILES string of the molecule is CN(C)CCOCCO[C@H]1CC[C@H](NC(=O)c2nc(-n3ccnc3)nc3cc[nH]c23)CC1. The summed E-state index contributed by atoms with van der Waals surface area (Å²) in [5.74, 6) is 0.226. The maximum absolute atomic E-state index is 13.1. The van der Waals surface area contributed by atoms with Gasteiger partial charge in [0.1, 0.15) is 6.33 Å². The van der Waals surface area contributed by atoms with Gasteiger partial charge in [-0.05, 0) is 45.8 Å². The molecule has 0 aliphatic heterocycles. The van der Waals surface area contributed by atoms with Gasteiger partial charge in [-0.15, -0.1) is 0 Å². The normalized spacial score (nSPS) is 19.0. The number of nitrogens with one attached hydrogen (secondary N) is 2. The Hall–Kier alpha value is -2.82. The van der Waals surface area contributed by atoms with E-state index in [2.05, 4.69) is 30.2 Å². The van der Waals surface area contributed by atoms with Crippen molar-refractivity contribution in [2.45, 2.75) is 37.8 Å². The fourth-order valence-electron chi connectivity index (χ4n) is 3.84. The molecule has 10 nitrogen and oxygen atoms in total. The number of likely N-dealkylation sites (N-methyl/N-ethyl adjacent to an activating group) is 1. The first-order valence-electron chi connectivity index (χ1n) is 11.1. The Labute approximate surface area is 187 Å². The maximum atomic E-state index is 13.1. The summed E-state index contributed by atoms with van der Waals surface area (Å²) in [7, 11) is 4.06. The molecule has 4 rings (SSSR count). The van der Waals surface area contributed by atoms with Crippen LogP contribution in [0, 0.1) is 0 Å². The van der Waals surface area contributed by atoms with E-state index < -0.39 is 0 Å². The van der Waals surface area contributed by atoms with Gasteiger partial charge in [0.2, 0.25) is 5.95 Å². The standard InChI is InChI=1S/C22H31N7O3/c1-28(2)11-12-31-13-14-32-17-5-3-16(4-6-17)25-21(30)20-19-18(7-8-24-19)26-22(27-20)29-10-9-23-15-29/h7-10,15-17,24H,3-6,11-14H2,1-2H3,(H,25,30)/t16-,17-. The summed E-state index contributed by atoms with van der Waals surface area (Å²) in [5.41, 5.74) is 1.67. The molecule has 1 aliphatic rings. The van der Waals surface area contributed by atoms with Gasteiger partial charge in [-0.2, -0.15) is 0 Å². The topological polar surface area (TPSA) is 110 Å². The molecule has 32 heavy (non-hydrogen) atoms. The zero-order valence-corrected chi connectivity index (χ0v) is 18.7. The van der Waals surface area contributed by atoms with Gasteiger partial charge in [-0.3, -0.25) is 9.36 Å². The first-order chi connectivity index (χ1) is 15.6. The van der Waals surface area contributed by atoms with E-state index in [0.717, 1.165) is 38.8 Å². The average Bonchev–Trinajstić information content (AvgIpc) is 3.48. The van der Waals surface area contributed by atoms with Gasteiger partial charge in [0.05, 0.1) is 37.0 Å². The Morgan fingerprint density at radius 1 is 1.22 bits per heavy atom. The molecule has 3 aromatic rings. The zero-order valence-electron chi connectivity index (χ0n) is 18.7. The first kappa shape index (κ1) is 22.4. The third kappa shape index (κ3) is 5.70. The van der Waals surface area contributed by atoms with Crippen LogP contribution in [-0.4, -0.2) is 87.9 Å². The van der Waals surface area contributed by atoms with Crippen LogP contribution < -0.4 is 5.32 Å². The molecule has 1 fully saturated rings. The molecule has 3 heterocycles. The van der Waals surface area contributed by atoms with Crippen molar-refractivity contribution in [2.24, 2.45) is 0 Å². The fraction of sp³-hybridized carbons (Fsp3) is 0.545. The predicted octanol–water partition coefficient (Wildman–Crippen LogP) is 1.78. The Morgan fingerprint density at radius 2 is 2.06 bits per heavy atom. The number of H-pyrrole nitrogens is 1. The summed E-state index contributed by atoms with van der Waals surface area (Å²) in [4.78, 5) is 31.3. The van der Waals surface area contributed by atoms with Gasteiger partial charge >= 0.3 is 0 Å². The second-order valence-corrected chi connectivity index (χ2v) is 8.31. The number of ether oxygens (including phenoxy) is 2. The molecule has 3 aromatic heterocycles. The maximum Gasteiger partial charge on any atom is 0.272 e. The van der Waals surface area contributed by atoms with Crippen molar-refractivity contribution in [3.63, 3.8) is 0 Å². The minimum atomic E-state index is -0.195. The van der Waals surface area contributed by atoms with Crippen LogP contribution in [0.2, 0.25) is 0 Å². The summed E-state index contributed by atoms with van der Waals surface area (Å²) < 4.78 is 13.2. The number of imidazole rings is 1. The van der Waals surface area contributed by atoms with Crippen LogP contribution in [0.4, 0.5) is 0 Å². The first-order valence-corrected chi connectivity index (χ1v) is 11.1. The highest BCUT2D eigenvalue weighted by Gasteiger charge is 2.25. The lowest BCUT2D eigenvalue weighted by atomic mass is 9.93. The van der Waals surface area contributed by atoms with Gasteiger partial charge in [0.15, 0.2) is 5.69 Å². The lowest BCUT2D eigenvalue weighted by molar-refractivity contribution is -0.0149. The highest BCUT2D eigenvalue weighted by molar-refractivity contribution is 6.03. The smallest absolute Gasteiger partial charge is 0.272 e. The number of aromatic nitrogens is 5. The molecule has 172 valence electrons. The van der Waals surface area contributed by atoms with E-state index in [4.69, 9.17) is 9.47 Å². The molecule has 10 heteroatoms. The number of amides is 1. The number of carbonyl (C=O) groups excluding carboxylic acids is 1.